The first-order chi connectivity index (χ1) is 24.6. The molecule has 0 saturated carbocycles. The van der Waals surface area contributed by atoms with Gasteiger partial charge < -0.3 is 13.8 Å². The van der Waals surface area contributed by atoms with Gasteiger partial charge in [-0.05, 0) is 42.9 Å². The molecule has 0 aliphatic carbocycles. The third kappa shape index (κ3) is 14.3. The number of rotatable bonds is 25. The Morgan fingerprint density at radius 3 is 1.65 bits per heavy atom. The molecule has 1 unspecified atom stereocenters. The molecule has 0 aliphatic rings. The number of carbonyl (C=O) groups is 1. The Bertz CT molecular complexity index is 1470. The van der Waals surface area contributed by atoms with Crippen LogP contribution in [0, 0.1) is 35.0 Å². The van der Waals surface area contributed by atoms with E-state index in [0.29, 0.717) is 5.56 Å². The summed E-state index contributed by atoms with van der Waals surface area (Å²) in [7, 11) is -5.12. The van der Waals surface area contributed by atoms with Crippen molar-refractivity contribution in [3.05, 3.63) is 95.3 Å². The molecule has 1 N–H and O–H groups in total. The molecule has 12 heteroatoms. The van der Waals surface area contributed by atoms with E-state index in [1.807, 2.05) is 0 Å². The Morgan fingerprint density at radius 1 is 0.647 bits per heavy atom. The molecule has 0 bridgehead atoms. The van der Waals surface area contributed by atoms with E-state index in [1.54, 1.807) is 36.4 Å². The molecule has 3 aromatic carbocycles. The third-order valence-electron chi connectivity index (χ3n) is 8.62. The summed E-state index contributed by atoms with van der Waals surface area (Å²) in [6.07, 6.45) is 15.1. The summed E-state index contributed by atoms with van der Waals surface area (Å²) in [5, 5.41) is 2.42. The van der Waals surface area contributed by atoms with Gasteiger partial charge in [-0.15, -0.1) is 0 Å². The van der Waals surface area contributed by atoms with Crippen LogP contribution in [0.15, 0.2) is 60.7 Å². The lowest BCUT2D eigenvalue weighted by molar-refractivity contribution is -0.147. The van der Waals surface area contributed by atoms with Gasteiger partial charge in [-0.25, -0.2) is 17.7 Å². The van der Waals surface area contributed by atoms with Crippen LogP contribution in [0.2, 0.25) is 0 Å². The highest BCUT2D eigenvalue weighted by Crippen LogP contribution is 2.48. The minimum atomic E-state index is -5.12. The molecule has 3 aromatic rings. The average Bonchev–Trinajstić information content (AvgIpc) is 3.13. The number of unbranched alkanes of at least 4 members (excludes halogenated alkanes) is 10. The van der Waals surface area contributed by atoms with Crippen LogP contribution >= 0.6 is 7.75 Å². The second-order valence-electron chi connectivity index (χ2n) is 12.9. The van der Waals surface area contributed by atoms with E-state index in [9.17, 15) is 31.3 Å². The standard InChI is InChI=1S/C39H51F5NO5P/c1-3-5-7-9-11-15-23-30(24-16-12-10-8-6-4-2)28-48-39(46)32(27-29-21-17-13-18-22-29)45-51(47,49-31-25-19-14-20-26-31)50-38-36(43)34(41)33(40)35(42)37(38)44/h13-14,17-22,25-26,30,32H,3-12,15-16,23-24,27-28H2,1-2H3,(H,45,47)/t32-,51?/m0/s1. The highest BCUT2D eigenvalue weighted by atomic mass is 31.2. The molecule has 0 fully saturated rings. The predicted octanol–water partition coefficient (Wildman–Crippen LogP) is 11.8. The number of hydrogen-bond donors (Lipinski definition) is 1. The second kappa shape index (κ2) is 22.5. The SMILES string of the molecule is CCCCCCCCC(CCCCCCCC)COC(=O)[C@H](Cc1ccccc1)NP(=O)(Oc1ccccc1)Oc1c(F)c(F)c(F)c(F)c1F. The summed E-state index contributed by atoms with van der Waals surface area (Å²) in [5.74, 6) is -14.4. The molecule has 0 aromatic heterocycles. The quantitative estimate of drug-likeness (QED) is 0.0233. The number of carbonyl (C=O) groups excluding carboxylic acids is 1. The lowest BCUT2D eigenvalue weighted by Crippen LogP contribution is -2.40. The zero-order valence-electron chi connectivity index (χ0n) is 29.6. The van der Waals surface area contributed by atoms with E-state index < -0.39 is 54.6 Å². The number of esters is 1. The summed E-state index contributed by atoms with van der Waals surface area (Å²) < 4.78 is 102. The average molecular weight is 740 g/mol. The lowest BCUT2D eigenvalue weighted by atomic mass is 9.94. The normalized spacial score (nSPS) is 13.2. The number of para-hydroxylation sites is 1. The van der Waals surface area contributed by atoms with E-state index in [1.165, 1.54) is 49.9 Å². The van der Waals surface area contributed by atoms with E-state index in [2.05, 4.69) is 18.9 Å². The van der Waals surface area contributed by atoms with Crippen molar-refractivity contribution in [1.82, 2.24) is 5.09 Å². The molecular formula is C39H51F5NO5P. The molecule has 0 amide bonds. The van der Waals surface area contributed by atoms with Crippen molar-refractivity contribution in [3.8, 4) is 11.5 Å². The van der Waals surface area contributed by atoms with Crippen molar-refractivity contribution >= 4 is 13.7 Å². The van der Waals surface area contributed by atoms with Crippen LogP contribution in [-0.4, -0.2) is 18.6 Å². The monoisotopic (exact) mass is 739 g/mol. The maximum absolute atomic E-state index is 14.8. The van der Waals surface area contributed by atoms with Gasteiger partial charge in [0, 0.05) is 0 Å². The Morgan fingerprint density at radius 2 is 1.12 bits per heavy atom. The van der Waals surface area contributed by atoms with Gasteiger partial charge in [-0.2, -0.15) is 13.9 Å². The van der Waals surface area contributed by atoms with Gasteiger partial charge in [0.1, 0.15) is 11.8 Å². The number of benzene rings is 3. The summed E-state index contributed by atoms with van der Waals surface area (Å²) in [5.41, 5.74) is 0.602. The van der Waals surface area contributed by atoms with Crippen LogP contribution in [0.25, 0.3) is 0 Å². The van der Waals surface area contributed by atoms with Crippen molar-refractivity contribution in [1.29, 1.82) is 0 Å². The number of nitrogens with one attached hydrogen (secondary N) is 1. The van der Waals surface area contributed by atoms with Gasteiger partial charge in [0.05, 0.1) is 6.61 Å². The lowest BCUT2D eigenvalue weighted by Gasteiger charge is -2.26. The van der Waals surface area contributed by atoms with Gasteiger partial charge in [0.2, 0.25) is 34.8 Å². The first-order valence-electron chi connectivity index (χ1n) is 18.1. The summed E-state index contributed by atoms with van der Waals surface area (Å²) in [6, 6.07) is 14.4. The number of ether oxygens (including phenoxy) is 1. The Hall–Kier alpha value is -3.43. The van der Waals surface area contributed by atoms with Crippen LogP contribution in [0.1, 0.15) is 109 Å². The molecule has 282 valence electrons. The summed E-state index contributed by atoms with van der Waals surface area (Å²) in [4.78, 5) is 13.8. The third-order valence-corrected chi connectivity index (χ3v) is 10.1. The van der Waals surface area contributed by atoms with Crippen LogP contribution in [0.4, 0.5) is 22.0 Å². The van der Waals surface area contributed by atoms with Gasteiger partial charge >= 0.3 is 13.7 Å². The van der Waals surface area contributed by atoms with Crippen LogP contribution in [0.3, 0.4) is 0 Å². The molecule has 2 atom stereocenters. The minimum Gasteiger partial charge on any atom is -0.464 e. The van der Waals surface area contributed by atoms with E-state index >= 15 is 0 Å². The summed E-state index contributed by atoms with van der Waals surface area (Å²) >= 11 is 0. The highest BCUT2D eigenvalue weighted by Gasteiger charge is 2.40. The van der Waals surface area contributed by atoms with Crippen LogP contribution in [0.5, 0.6) is 11.5 Å². The van der Waals surface area contributed by atoms with Gasteiger partial charge in [0.25, 0.3) is 0 Å². The fourth-order valence-corrected chi connectivity index (χ4v) is 7.26. The maximum Gasteiger partial charge on any atom is 0.513 e. The molecular weight excluding hydrogens is 688 g/mol. The second-order valence-corrected chi connectivity index (χ2v) is 14.5. The number of hydrogen-bond acceptors (Lipinski definition) is 5. The minimum absolute atomic E-state index is 0.0839. The Kier molecular flexibility index (Phi) is 18.5. The van der Waals surface area contributed by atoms with Gasteiger partial charge in [-0.1, -0.05) is 139 Å². The fraction of sp³-hybridized carbons (Fsp3) is 0.513. The van der Waals surface area contributed by atoms with Gasteiger partial charge in [-0.3, -0.25) is 4.79 Å². The zero-order valence-corrected chi connectivity index (χ0v) is 30.5. The molecule has 6 nitrogen and oxygen atoms in total. The largest absolute Gasteiger partial charge is 0.513 e. The van der Waals surface area contributed by atoms with Crippen molar-refractivity contribution in [2.75, 3.05) is 6.61 Å². The topological polar surface area (TPSA) is 73.9 Å². The fourth-order valence-electron chi connectivity index (χ4n) is 5.74. The van der Waals surface area contributed by atoms with Gasteiger partial charge in [0.15, 0.2) is 0 Å². The first kappa shape index (κ1) is 42.0. The smallest absolute Gasteiger partial charge is 0.464 e. The van der Waals surface area contributed by atoms with E-state index in [-0.39, 0.29) is 24.7 Å². The predicted molar refractivity (Wildman–Crippen MR) is 189 cm³/mol. The highest BCUT2D eigenvalue weighted by molar-refractivity contribution is 7.52. The molecule has 0 heterocycles. The molecule has 0 aliphatic heterocycles. The van der Waals surface area contributed by atoms with Crippen LogP contribution < -0.4 is 14.1 Å². The number of halogens is 5. The van der Waals surface area contributed by atoms with Crippen molar-refractivity contribution in [3.63, 3.8) is 0 Å². The Labute approximate surface area is 299 Å². The summed E-state index contributed by atoms with van der Waals surface area (Å²) in [6.45, 7) is 4.43. The molecule has 0 spiro atoms. The van der Waals surface area contributed by atoms with Crippen LogP contribution in [-0.2, 0) is 20.5 Å². The van der Waals surface area contributed by atoms with E-state index in [4.69, 9.17) is 13.8 Å². The van der Waals surface area contributed by atoms with E-state index in [0.717, 1.165) is 64.2 Å². The maximum atomic E-state index is 14.8. The van der Waals surface area contributed by atoms with Crippen molar-refractivity contribution in [2.45, 2.75) is 116 Å². The molecule has 0 radical (unpaired) electrons. The van der Waals surface area contributed by atoms with Crippen molar-refractivity contribution < 1.29 is 45.1 Å². The molecule has 51 heavy (non-hydrogen) atoms. The molecule has 3 rings (SSSR count). The first-order valence-corrected chi connectivity index (χ1v) is 19.7. The Balaban J connectivity index is 1.86. The van der Waals surface area contributed by atoms with Crippen molar-refractivity contribution in [2.24, 2.45) is 5.92 Å². The molecule has 0 saturated heterocycles. The zero-order chi connectivity index (χ0) is 37.1.